The molecule has 20 heavy (non-hydrogen) atoms. The summed E-state index contributed by atoms with van der Waals surface area (Å²) in [5.41, 5.74) is 0.496. The van der Waals surface area contributed by atoms with Crippen molar-refractivity contribution in [2.75, 3.05) is 12.4 Å². The van der Waals surface area contributed by atoms with Gasteiger partial charge in [0.15, 0.2) is 0 Å². The highest BCUT2D eigenvalue weighted by Gasteiger charge is 2.12. The minimum atomic E-state index is -0.584. The molecule has 0 aliphatic heterocycles. The van der Waals surface area contributed by atoms with E-state index in [1.807, 2.05) is 0 Å². The molecule has 0 atom stereocenters. The van der Waals surface area contributed by atoms with E-state index in [2.05, 4.69) is 37.2 Å². The number of carbonyl (C=O) groups is 1. The van der Waals surface area contributed by atoms with Gasteiger partial charge in [0.05, 0.1) is 12.7 Å². The minimum absolute atomic E-state index is 0.0212. The molecule has 0 heterocycles. The molecule has 0 bridgehead atoms. The lowest BCUT2D eigenvalue weighted by molar-refractivity contribution is 0.102. The van der Waals surface area contributed by atoms with E-state index in [9.17, 15) is 9.18 Å². The SMILES string of the molecule is COc1cc(Br)cc(NC(=O)c2ccc(Br)cc2F)c1. The number of rotatable bonds is 3. The molecule has 1 amide bonds. The van der Waals surface area contributed by atoms with Crippen molar-refractivity contribution in [1.82, 2.24) is 0 Å². The number of ether oxygens (including phenoxy) is 1. The molecule has 6 heteroatoms. The van der Waals surface area contributed by atoms with Crippen LogP contribution in [0.15, 0.2) is 45.3 Å². The summed E-state index contributed by atoms with van der Waals surface area (Å²) in [5, 5.41) is 2.63. The Balaban J connectivity index is 2.25. The molecule has 2 aromatic rings. The highest BCUT2D eigenvalue weighted by Crippen LogP contribution is 2.25. The number of anilines is 1. The summed E-state index contributed by atoms with van der Waals surface area (Å²) in [4.78, 5) is 12.0. The molecule has 1 N–H and O–H groups in total. The molecule has 0 radical (unpaired) electrons. The van der Waals surface area contributed by atoms with Gasteiger partial charge < -0.3 is 10.1 Å². The van der Waals surface area contributed by atoms with Crippen molar-refractivity contribution in [3.63, 3.8) is 0 Å². The van der Waals surface area contributed by atoms with Crippen LogP contribution in [0.3, 0.4) is 0 Å². The number of hydrogen-bond acceptors (Lipinski definition) is 2. The molecule has 0 unspecified atom stereocenters. The van der Waals surface area contributed by atoms with E-state index in [0.717, 1.165) is 4.47 Å². The third kappa shape index (κ3) is 3.58. The van der Waals surface area contributed by atoms with Gasteiger partial charge in [0, 0.05) is 20.7 Å². The van der Waals surface area contributed by atoms with Crippen molar-refractivity contribution in [2.45, 2.75) is 0 Å². The molecule has 0 aromatic heterocycles. The van der Waals surface area contributed by atoms with Gasteiger partial charge in [0.25, 0.3) is 5.91 Å². The molecular formula is C14H10Br2FNO2. The van der Waals surface area contributed by atoms with Gasteiger partial charge >= 0.3 is 0 Å². The molecular weight excluding hydrogens is 393 g/mol. The van der Waals surface area contributed by atoms with Crippen LogP contribution in [0.5, 0.6) is 5.75 Å². The molecule has 104 valence electrons. The Bertz CT molecular complexity index is 662. The van der Waals surface area contributed by atoms with Crippen molar-refractivity contribution in [3.05, 3.63) is 56.7 Å². The molecule has 2 aromatic carbocycles. The maximum Gasteiger partial charge on any atom is 0.258 e. The first kappa shape index (κ1) is 15.0. The Morgan fingerprint density at radius 2 is 1.90 bits per heavy atom. The van der Waals surface area contributed by atoms with E-state index < -0.39 is 11.7 Å². The number of halogens is 3. The second-order valence-electron chi connectivity index (χ2n) is 3.96. The molecule has 0 saturated heterocycles. The number of hydrogen-bond donors (Lipinski definition) is 1. The first-order chi connectivity index (χ1) is 9.49. The predicted molar refractivity (Wildman–Crippen MR) is 82.7 cm³/mol. The van der Waals surface area contributed by atoms with Gasteiger partial charge in [-0.05, 0) is 30.3 Å². The molecule has 0 fully saturated rings. The standard InChI is InChI=1S/C14H10Br2FNO2/c1-20-11-5-9(16)4-10(7-11)18-14(19)12-3-2-8(15)6-13(12)17/h2-7H,1H3,(H,18,19). The zero-order valence-corrected chi connectivity index (χ0v) is 13.6. The monoisotopic (exact) mass is 401 g/mol. The average molecular weight is 403 g/mol. The third-order valence-corrected chi connectivity index (χ3v) is 3.49. The largest absolute Gasteiger partial charge is 0.497 e. The molecule has 0 aliphatic carbocycles. The topological polar surface area (TPSA) is 38.3 Å². The van der Waals surface area contributed by atoms with E-state index in [4.69, 9.17) is 4.74 Å². The van der Waals surface area contributed by atoms with Crippen LogP contribution < -0.4 is 10.1 Å². The van der Waals surface area contributed by atoms with Gasteiger partial charge in [-0.25, -0.2) is 4.39 Å². The van der Waals surface area contributed by atoms with E-state index in [-0.39, 0.29) is 5.56 Å². The second kappa shape index (κ2) is 6.37. The quantitative estimate of drug-likeness (QED) is 0.813. The fraction of sp³-hybridized carbons (Fsp3) is 0.0714. The number of methoxy groups -OCH3 is 1. The van der Waals surface area contributed by atoms with Gasteiger partial charge in [0.2, 0.25) is 0 Å². The summed E-state index contributed by atoms with van der Waals surface area (Å²) >= 11 is 6.46. The first-order valence-corrected chi connectivity index (χ1v) is 7.19. The number of amides is 1. The smallest absolute Gasteiger partial charge is 0.258 e. The molecule has 0 aliphatic rings. The summed E-state index contributed by atoms with van der Waals surface area (Å²) in [6.45, 7) is 0. The summed E-state index contributed by atoms with van der Waals surface area (Å²) in [5.74, 6) is -0.514. The molecule has 0 spiro atoms. The molecule has 0 saturated carbocycles. The van der Waals surface area contributed by atoms with Crippen LogP contribution in [0.2, 0.25) is 0 Å². The van der Waals surface area contributed by atoms with Crippen molar-refractivity contribution in [2.24, 2.45) is 0 Å². The Morgan fingerprint density at radius 1 is 1.15 bits per heavy atom. The van der Waals surface area contributed by atoms with Gasteiger partial charge in [0.1, 0.15) is 11.6 Å². The van der Waals surface area contributed by atoms with Crippen molar-refractivity contribution >= 4 is 43.5 Å². The molecule has 3 nitrogen and oxygen atoms in total. The Hall–Kier alpha value is -1.40. The zero-order chi connectivity index (χ0) is 14.7. The van der Waals surface area contributed by atoms with Gasteiger partial charge in [-0.1, -0.05) is 31.9 Å². The lowest BCUT2D eigenvalue weighted by Gasteiger charge is -2.09. The van der Waals surface area contributed by atoms with E-state index in [0.29, 0.717) is 15.9 Å². The van der Waals surface area contributed by atoms with Crippen LogP contribution in [0.4, 0.5) is 10.1 Å². The van der Waals surface area contributed by atoms with Crippen LogP contribution in [0.1, 0.15) is 10.4 Å². The fourth-order valence-electron chi connectivity index (χ4n) is 1.62. The minimum Gasteiger partial charge on any atom is -0.497 e. The van der Waals surface area contributed by atoms with E-state index in [1.165, 1.54) is 19.2 Å². The lowest BCUT2D eigenvalue weighted by atomic mass is 10.2. The van der Waals surface area contributed by atoms with Crippen LogP contribution in [0.25, 0.3) is 0 Å². The number of nitrogens with one attached hydrogen (secondary N) is 1. The van der Waals surface area contributed by atoms with Gasteiger partial charge in [-0.15, -0.1) is 0 Å². The first-order valence-electron chi connectivity index (χ1n) is 5.60. The van der Waals surface area contributed by atoms with Crippen molar-refractivity contribution in [1.29, 1.82) is 0 Å². The maximum atomic E-state index is 13.7. The fourth-order valence-corrected chi connectivity index (χ4v) is 2.43. The Morgan fingerprint density at radius 3 is 2.55 bits per heavy atom. The second-order valence-corrected chi connectivity index (χ2v) is 5.79. The summed E-state index contributed by atoms with van der Waals surface area (Å²) in [6, 6.07) is 9.40. The molecule has 2 rings (SSSR count). The zero-order valence-electron chi connectivity index (χ0n) is 10.4. The van der Waals surface area contributed by atoms with Gasteiger partial charge in [-0.2, -0.15) is 0 Å². The maximum absolute atomic E-state index is 13.7. The third-order valence-electron chi connectivity index (χ3n) is 2.54. The summed E-state index contributed by atoms with van der Waals surface area (Å²) in [7, 11) is 1.53. The number of carbonyl (C=O) groups excluding carboxylic acids is 1. The average Bonchev–Trinajstić information content (AvgIpc) is 2.37. The Labute approximate surface area is 132 Å². The number of benzene rings is 2. The normalized spacial score (nSPS) is 10.2. The van der Waals surface area contributed by atoms with Crippen LogP contribution >= 0.6 is 31.9 Å². The lowest BCUT2D eigenvalue weighted by Crippen LogP contribution is -2.13. The highest BCUT2D eigenvalue weighted by atomic mass is 79.9. The predicted octanol–water partition coefficient (Wildman–Crippen LogP) is 4.61. The highest BCUT2D eigenvalue weighted by molar-refractivity contribution is 9.10. The van der Waals surface area contributed by atoms with Crippen molar-refractivity contribution in [3.8, 4) is 5.75 Å². The Kier molecular flexibility index (Phi) is 4.77. The van der Waals surface area contributed by atoms with Crippen LogP contribution in [-0.4, -0.2) is 13.0 Å². The van der Waals surface area contributed by atoms with Gasteiger partial charge in [-0.3, -0.25) is 4.79 Å². The van der Waals surface area contributed by atoms with E-state index >= 15 is 0 Å². The van der Waals surface area contributed by atoms with Crippen molar-refractivity contribution < 1.29 is 13.9 Å². The van der Waals surface area contributed by atoms with Crippen LogP contribution in [-0.2, 0) is 0 Å². The summed E-state index contributed by atoms with van der Waals surface area (Å²) in [6.07, 6.45) is 0. The van der Waals surface area contributed by atoms with E-state index in [1.54, 1.807) is 24.3 Å². The van der Waals surface area contributed by atoms with Crippen LogP contribution in [0, 0.1) is 5.82 Å². The summed E-state index contributed by atoms with van der Waals surface area (Å²) < 4.78 is 20.1.